The molecule has 1 N–H and O–H groups in total. The maximum absolute atomic E-state index is 11.8. The van der Waals surface area contributed by atoms with Crippen LogP contribution in [0.15, 0.2) is 23.1 Å². The molecule has 0 radical (unpaired) electrons. The fourth-order valence-corrected chi connectivity index (χ4v) is 2.38. The third-order valence-electron chi connectivity index (χ3n) is 2.38. The standard InChI is InChI=1S/C13H14ClNO3S/c1-3-4-5-6-15-13(16)11-7-10(2)8-12(9-11)19(14,17)18/h1,7-9H,4-6H2,2H3,(H,15,16). The maximum atomic E-state index is 11.8. The van der Waals surface area contributed by atoms with Gasteiger partial charge in [0.25, 0.3) is 15.0 Å². The predicted octanol–water partition coefficient (Wildman–Crippen LogP) is 2.07. The Labute approximate surface area is 117 Å². The molecule has 0 atom stereocenters. The van der Waals surface area contributed by atoms with Gasteiger partial charge in [0.1, 0.15) is 0 Å². The molecule has 1 amide bonds. The molecule has 0 heterocycles. The molecule has 0 saturated carbocycles. The van der Waals surface area contributed by atoms with E-state index >= 15 is 0 Å². The van der Waals surface area contributed by atoms with Crippen LogP contribution in [0.2, 0.25) is 0 Å². The van der Waals surface area contributed by atoms with E-state index in [0.29, 0.717) is 24.9 Å². The third-order valence-corrected chi connectivity index (χ3v) is 3.71. The van der Waals surface area contributed by atoms with Crippen LogP contribution < -0.4 is 5.32 Å². The number of unbranched alkanes of at least 4 members (excludes halogenated alkanes) is 1. The summed E-state index contributed by atoms with van der Waals surface area (Å²) in [5, 5.41) is 2.67. The van der Waals surface area contributed by atoms with Gasteiger partial charge >= 0.3 is 0 Å². The number of hydrogen-bond donors (Lipinski definition) is 1. The van der Waals surface area contributed by atoms with Gasteiger partial charge in [-0.2, -0.15) is 0 Å². The van der Waals surface area contributed by atoms with Crippen molar-refractivity contribution in [2.75, 3.05) is 6.54 Å². The third kappa shape index (κ3) is 4.93. The number of halogens is 1. The van der Waals surface area contributed by atoms with Crippen molar-refractivity contribution in [1.82, 2.24) is 5.32 Å². The van der Waals surface area contributed by atoms with Crippen LogP contribution in [0.3, 0.4) is 0 Å². The summed E-state index contributed by atoms with van der Waals surface area (Å²) in [5.74, 6) is 2.13. The SMILES string of the molecule is C#CCCCNC(=O)c1cc(C)cc(S(=O)(=O)Cl)c1. The van der Waals surface area contributed by atoms with E-state index in [9.17, 15) is 13.2 Å². The minimum absolute atomic E-state index is 0.0806. The molecule has 0 aromatic heterocycles. The number of amides is 1. The van der Waals surface area contributed by atoms with E-state index < -0.39 is 9.05 Å². The lowest BCUT2D eigenvalue weighted by molar-refractivity contribution is 0.0953. The highest BCUT2D eigenvalue weighted by atomic mass is 35.7. The first-order valence-electron chi connectivity index (χ1n) is 5.62. The average molecular weight is 300 g/mol. The summed E-state index contributed by atoms with van der Waals surface area (Å²) in [5.41, 5.74) is 0.912. The van der Waals surface area contributed by atoms with Crippen LogP contribution in [0.1, 0.15) is 28.8 Å². The molecule has 0 aliphatic carbocycles. The fourth-order valence-electron chi connectivity index (χ4n) is 1.51. The molecular formula is C13H14ClNO3S. The Bertz CT molecular complexity index is 617. The Hall–Kier alpha value is -1.51. The Kier molecular flexibility index (Phi) is 5.40. The summed E-state index contributed by atoms with van der Waals surface area (Å²) in [6.45, 7) is 2.14. The molecule has 1 rings (SSSR count). The zero-order valence-corrected chi connectivity index (χ0v) is 12.0. The van der Waals surface area contributed by atoms with Crippen LogP contribution in [0.4, 0.5) is 0 Å². The number of carbonyl (C=O) groups excluding carboxylic acids is 1. The van der Waals surface area contributed by atoms with Gasteiger partial charge in [-0.15, -0.1) is 12.3 Å². The number of rotatable bonds is 5. The van der Waals surface area contributed by atoms with E-state index in [-0.39, 0.29) is 16.4 Å². The van der Waals surface area contributed by atoms with Gasteiger partial charge in [-0.1, -0.05) is 0 Å². The van der Waals surface area contributed by atoms with Crippen molar-refractivity contribution in [3.05, 3.63) is 29.3 Å². The van der Waals surface area contributed by atoms with E-state index in [1.165, 1.54) is 12.1 Å². The summed E-state index contributed by atoms with van der Waals surface area (Å²) in [4.78, 5) is 11.8. The molecule has 0 fully saturated rings. The lowest BCUT2D eigenvalue weighted by Gasteiger charge is -2.06. The lowest BCUT2D eigenvalue weighted by atomic mass is 10.1. The van der Waals surface area contributed by atoms with Crippen LogP contribution in [0.5, 0.6) is 0 Å². The van der Waals surface area contributed by atoms with E-state index in [1.54, 1.807) is 13.0 Å². The number of hydrogen-bond acceptors (Lipinski definition) is 3. The first-order chi connectivity index (χ1) is 8.84. The van der Waals surface area contributed by atoms with Crippen LogP contribution >= 0.6 is 10.7 Å². The normalized spacial score (nSPS) is 10.8. The topological polar surface area (TPSA) is 63.2 Å². The van der Waals surface area contributed by atoms with Crippen molar-refractivity contribution < 1.29 is 13.2 Å². The van der Waals surface area contributed by atoms with Gasteiger partial charge in [-0.3, -0.25) is 4.79 Å². The van der Waals surface area contributed by atoms with Gasteiger partial charge in [0.2, 0.25) is 0 Å². The first-order valence-corrected chi connectivity index (χ1v) is 7.93. The molecule has 0 bridgehead atoms. The molecule has 0 spiro atoms. The second-order valence-electron chi connectivity index (χ2n) is 4.04. The molecule has 1 aromatic rings. The van der Waals surface area contributed by atoms with Crippen molar-refractivity contribution in [2.24, 2.45) is 0 Å². The summed E-state index contributed by atoms with van der Waals surface area (Å²) < 4.78 is 22.5. The largest absolute Gasteiger partial charge is 0.352 e. The van der Waals surface area contributed by atoms with Crippen LogP contribution in [0.25, 0.3) is 0 Å². The molecule has 1 aromatic carbocycles. The van der Waals surface area contributed by atoms with Crippen molar-refractivity contribution in [3.8, 4) is 12.3 Å². The van der Waals surface area contributed by atoms with Crippen molar-refractivity contribution in [3.63, 3.8) is 0 Å². The van der Waals surface area contributed by atoms with Crippen molar-refractivity contribution in [2.45, 2.75) is 24.7 Å². The van der Waals surface area contributed by atoms with Crippen LogP contribution in [-0.2, 0) is 9.05 Å². The van der Waals surface area contributed by atoms with Gasteiger partial charge in [-0.25, -0.2) is 8.42 Å². The fraction of sp³-hybridized carbons (Fsp3) is 0.308. The molecule has 0 saturated heterocycles. The number of nitrogens with one attached hydrogen (secondary N) is 1. The number of terminal acetylenes is 1. The number of aryl methyl sites for hydroxylation is 1. The Morgan fingerprint density at radius 3 is 2.68 bits per heavy atom. The quantitative estimate of drug-likeness (QED) is 0.514. The number of carbonyl (C=O) groups is 1. The summed E-state index contributed by atoms with van der Waals surface area (Å²) in [6.07, 6.45) is 6.35. The average Bonchev–Trinajstić information content (AvgIpc) is 2.32. The van der Waals surface area contributed by atoms with Gasteiger partial charge in [0.15, 0.2) is 0 Å². The Morgan fingerprint density at radius 2 is 2.11 bits per heavy atom. The van der Waals surface area contributed by atoms with Crippen LogP contribution in [-0.4, -0.2) is 20.9 Å². The lowest BCUT2D eigenvalue weighted by Crippen LogP contribution is -2.24. The van der Waals surface area contributed by atoms with Gasteiger partial charge in [0, 0.05) is 29.2 Å². The molecule has 0 aliphatic rings. The second-order valence-corrected chi connectivity index (χ2v) is 6.60. The van der Waals surface area contributed by atoms with Gasteiger partial charge < -0.3 is 5.32 Å². The van der Waals surface area contributed by atoms with E-state index in [2.05, 4.69) is 11.2 Å². The zero-order chi connectivity index (χ0) is 14.5. The highest BCUT2D eigenvalue weighted by Crippen LogP contribution is 2.18. The Morgan fingerprint density at radius 1 is 1.42 bits per heavy atom. The van der Waals surface area contributed by atoms with E-state index in [1.807, 2.05) is 0 Å². The monoisotopic (exact) mass is 299 g/mol. The highest BCUT2D eigenvalue weighted by molar-refractivity contribution is 8.13. The molecule has 19 heavy (non-hydrogen) atoms. The van der Waals surface area contributed by atoms with E-state index in [0.717, 1.165) is 0 Å². The number of benzene rings is 1. The highest BCUT2D eigenvalue weighted by Gasteiger charge is 2.14. The first kappa shape index (κ1) is 15.5. The summed E-state index contributed by atoms with van der Waals surface area (Å²) in [6, 6.07) is 4.27. The molecule has 0 aliphatic heterocycles. The zero-order valence-electron chi connectivity index (χ0n) is 10.4. The molecule has 4 nitrogen and oxygen atoms in total. The van der Waals surface area contributed by atoms with Crippen molar-refractivity contribution in [1.29, 1.82) is 0 Å². The predicted molar refractivity (Wildman–Crippen MR) is 74.6 cm³/mol. The minimum atomic E-state index is -3.84. The van der Waals surface area contributed by atoms with Crippen molar-refractivity contribution >= 4 is 25.6 Å². The molecule has 102 valence electrons. The minimum Gasteiger partial charge on any atom is -0.352 e. The second kappa shape index (κ2) is 6.60. The molecular weight excluding hydrogens is 286 g/mol. The molecule has 6 heteroatoms. The van der Waals surface area contributed by atoms with Gasteiger partial charge in [-0.05, 0) is 37.1 Å². The maximum Gasteiger partial charge on any atom is 0.261 e. The van der Waals surface area contributed by atoms with Crippen LogP contribution in [0, 0.1) is 19.3 Å². The summed E-state index contributed by atoms with van der Waals surface area (Å²) >= 11 is 0. The summed E-state index contributed by atoms with van der Waals surface area (Å²) in [7, 11) is 1.43. The van der Waals surface area contributed by atoms with Gasteiger partial charge in [0.05, 0.1) is 4.90 Å². The van der Waals surface area contributed by atoms with E-state index in [4.69, 9.17) is 17.1 Å². The Balaban J connectivity index is 2.87. The molecule has 0 unspecified atom stereocenters. The smallest absolute Gasteiger partial charge is 0.261 e.